The van der Waals surface area contributed by atoms with Gasteiger partial charge >= 0.3 is 0 Å². The Kier molecular flexibility index (Phi) is 9.28. The average Bonchev–Trinajstić information content (AvgIpc) is 2.61. The minimum Gasteiger partial charge on any atom is -0.399 e. The smallest absolute Gasteiger partial charge is 0.294 e. The lowest BCUT2D eigenvalue weighted by Crippen LogP contribution is -2.24. The number of hydrogen-bond donors (Lipinski definition) is 3. The van der Waals surface area contributed by atoms with Crippen molar-refractivity contribution in [3.63, 3.8) is 0 Å². The van der Waals surface area contributed by atoms with Crippen LogP contribution >= 0.6 is 0 Å². The number of unbranched alkanes of at least 4 members (excludes halogenated alkanes) is 1. The van der Waals surface area contributed by atoms with Gasteiger partial charge in [0.1, 0.15) is 0 Å². The molecule has 27 heavy (non-hydrogen) atoms. The average molecular weight is 395 g/mol. The van der Waals surface area contributed by atoms with Crippen molar-refractivity contribution in [3.8, 4) is 0 Å². The molecule has 0 heterocycles. The molecule has 2 rings (SSSR count). The van der Waals surface area contributed by atoms with Crippen LogP contribution in [0.5, 0.6) is 0 Å². The van der Waals surface area contributed by atoms with E-state index in [1.54, 1.807) is 12.1 Å². The molecule has 150 valence electrons. The van der Waals surface area contributed by atoms with E-state index in [1.165, 1.54) is 17.8 Å². The van der Waals surface area contributed by atoms with Gasteiger partial charge in [-0.1, -0.05) is 17.7 Å². The molecule has 0 saturated carbocycles. The number of aryl methyl sites for hydroxylation is 2. The molecule has 0 unspecified atom stereocenters. The largest absolute Gasteiger partial charge is 0.399 e. The lowest BCUT2D eigenvalue weighted by Gasteiger charge is -2.23. The number of nitrogen functional groups attached to an aromatic ring is 1. The number of anilines is 2. The van der Waals surface area contributed by atoms with E-state index in [-0.39, 0.29) is 11.5 Å². The van der Waals surface area contributed by atoms with Gasteiger partial charge in [-0.15, -0.1) is 0 Å². The topological polar surface area (TPSA) is 104 Å². The molecule has 0 radical (unpaired) electrons. The van der Waals surface area contributed by atoms with Gasteiger partial charge in [0.15, 0.2) is 0 Å². The van der Waals surface area contributed by atoms with Crippen LogP contribution in [0, 0.1) is 13.8 Å². The molecule has 6 nitrogen and oxygen atoms in total. The van der Waals surface area contributed by atoms with E-state index in [4.69, 9.17) is 15.4 Å². The molecule has 2 aromatic carbocycles. The van der Waals surface area contributed by atoms with E-state index in [1.807, 2.05) is 19.9 Å². The van der Waals surface area contributed by atoms with Crippen LogP contribution in [0.1, 0.15) is 30.9 Å². The molecule has 0 bridgehead atoms. The predicted octanol–water partition coefficient (Wildman–Crippen LogP) is 3.42. The molecule has 0 saturated heterocycles. The van der Waals surface area contributed by atoms with Crippen LogP contribution in [-0.2, 0) is 10.1 Å². The molecule has 0 fully saturated rings. The van der Waals surface area contributed by atoms with E-state index >= 15 is 0 Å². The van der Waals surface area contributed by atoms with Crippen molar-refractivity contribution in [1.29, 1.82) is 0 Å². The Hall–Kier alpha value is -2.09. The summed E-state index contributed by atoms with van der Waals surface area (Å²) < 4.78 is 29.6. The zero-order valence-electron chi connectivity index (χ0n) is 16.2. The SMILES string of the molecule is CCN(CCCCO)c1ccc(N)c(C)c1.Cc1ccc(S(=O)(=O)O)cc1. The molecule has 0 aliphatic carbocycles. The number of benzene rings is 2. The van der Waals surface area contributed by atoms with Gasteiger partial charge in [0.25, 0.3) is 10.1 Å². The van der Waals surface area contributed by atoms with Gasteiger partial charge in [-0.2, -0.15) is 8.42 Å². The van der Waals surface area contributed by atoms with Gasteiger partial charge in [-0.3, -0.25) is 4.55 Å². The standard InChI is InChI=1S/C13H22N2O.C7H8O3S/c1-3-15(8-4-5-9-16)12-6-7-13(14)11(2)10-12;1-6-2-4-7(5-3-6)11(8,9)10/h6-7,10,16H,3-5,8-9,14H2,1-2H3;2-5H,1H3,(H,8,9,10). The normalized spacial score (nSPS) is 10.9. The van der Waals surface area contributed by atoms with Gasteiger partial charge in [0, 0.05) is 31.1 Å². The first-order valence-electron chi connectivity index (χ1n) is 8.95. The van der Waals surface area contributed by atoms with E-state index < -0.39 is 10.1 Å². The van der Waals surface area contributed by atoms with Crippen molar-refractivity contribution in [2.24, 2.45) is 0 Å². The molecular weight excluding hydrogens is 364 g/mol. The highest BCUT2D eigenvalue weighted by molar-refractivity contribution is 7.85. The maximum Gasteiger partial charge on any atom is 0.294 e. The van der Waals surface area contributed by atoms with Crippen LogP contribution in [0.25, 0.3) is 0 Å². The van der Waals surface area contributed by atoms with Crippen molar-refractivity contribution in [1.82, 2.24) is 0 Å². The molecule has 2 aromatic rings. The van der Waals surface area contributed by atoms with Crippen molar-refractivity contribution in [2.75, 3.05) is 30.3 Å². The summed E-state index contributed by atoms with van der Waals surface area (Å²) in [7, 11) is -4.02. The van der Waals surface area contributed by atoms with Gasteiger partial charge in [0.05, 0.1) is 4.90 Å². The maximum absolute atomic E-state index is 10.5. The molecule has 0 aromatic heterocycles. The third-order valence-electron chi connectivity index (χ3n) is 4.16. The molecule has 0 aliphatic heterocycles. The molecular formula is C20H30N2O4S. The van der Waals surface area contributed by atoms with Crippen molar-refractivity contribution in [2.45, 2.75) is 38.5 Å². The first kappa shape index (κ1) is 23.0. The second-order valence-corrected chi connectivity index (χ2v) is 7.76. The number of nitrogens with two attached hydrogens (primary N) is 1. The Morgan fingerprint density at radius 1 is 1.04 bits per heavy atom. The van der Waals surface area contributed by atoms with Crippen molar-refractivity contribution >= 4 is 21.5 Å². The van der Waals surface area contributed by atoms with Crippen LogP contribution in [0.4, 0.5) is 11.4 Å². The van der Waals surface area contributed by atoms with Gasteiger partial charge in [-0.25, -0.2) is 0 Å². The Labute approximate surface area is 162 Å². The Morgan fingerprint density at radius 2 is 1.67 bits per heavy atom. The minimum atomic E-state index is -4.02. The summed E-state index contributed by atoms with van der Waals surface area (Å²) in [5, 5.41) is 8.77. The highest BCUT2D eigenvalue weighted by atomic mass is 32.2. The Morgan fingerprint density at radius 3 is 2.15 bits per heavy atom. The van der Waals surface area contributed by atoms with Crippen molar-refractivity contribution < 1.29 is 18.1 Å². The fraction of sp³-hybridized carbons (Fsp3) is 0.400. The summed E-state index contributed by atoms with van der Waals surface area (Å²) in [5.74, 6) is 0. The molecule has 0 amide bonds. The fourth-order valence-electron chi connectivity index (χ4n) is 2.45. The van der Waals surface area contributed by atoms with E-state index in [0.29, 0.717) is 0 Å². The monoisotopic (exact) mass is 394 g/mol. The highest BCUT2D eigenvalue weighted by Gasteiger charge is 2.07. The van der Waals surface area contributed by atoms with E-state index in [2.05, 4.69) is 24.0 Å². The lowest BCUT2D eigenvalue weighted by molar-refractivity contribution is 0.285. The van der Waals surface area contributed by atoms with Crippen LogP contribution in [0.15, 0.2) is 47.4 Å². The minimum absolute atomic E-state index is 0.0666. The molecule has 0 aliphatic rings. The summed E-state index contributed by atoms with van der Waals surface area (Å²) in [4.78, 5) is 2.24. The molecule has 7 heteroatoms. The van der Waals surface area contributed by atoms with E-state index in [0.717, 1.165) is 42.7 Å². The molecule has 0 atom stereocenters. The first-order valence-corrected chi connectivity index (χ1v) is 10.4. The first-order chi connectivity index (χ1) is 12.7. The number of nitrogens with zero attached hydrogens (tertiary/aromatic N) is 1. The van der Waals surface area contributed by atoms with Gasteiger partial charge < -0.3 is 15.7 Å². The summed E-state index contributed by atoms with van der Waals surface area (Å²) in [6, 6.07) is 12.1. The van der Waals surface area contributed by atoms with Gasteiger partial charge in [0.2, 0.25) is 0 Å². The van der Waals surface area contributed by atoms with E-state index in [9.17, 15) is 8.42 Å². The second kappa shape index (κ2) is 10.9. The Balaban J connectivity index is 0.000000289. The van der Waals surface area contributed by atoms with Crippen molar-refractivity contribution in [3.05, 3.63) is 53.6 Å². The summed E-state index contributed by atoms with van der Waals surface area (Å²) in [5.41, 5.74) is 9.94. The third-order valence-corrected chi connectivity index (χ3v) is 5.02. The summed E-state index contributed by atoms with van der Waals surface area (Å²) in [6.07, 6.45) is 1.89. The molecule has 0 spiro atoms. The number of aliphatic hydroxyl groups is 1. The van der Waals surface area contributed by atoms with Crippen LogP contribution in [0.2, 0.25) is 0 Å². The number of hydrogen-bond acceptors (Lipinski definition) is 5. The van der Waals surface area contributed by atoms with Crippen LogP contribution in [0.3, 0.4) is 0 Å². The lowest BCUT2D eigenvalue weighted by atomic mass is 10.1. The maximum atomic E-state index is 10.5. The summed E-state index contributed by atoms with van der Waals surface area (Å²) >= 11 is 0. The zero-order valence-corrected chi connectivity index (χ0v) is 17.0. The second-order valence-electron chi connectivity index (χ2n) is 6.34. The highest BCUT2D eigenvalue weighted by Crippen LogP contribution is 2.20. The predicted molar refractivity (Wildman–Crippen MR) is 111 cm³/mol. The quantitative estimate of drug-likeness (QED) is 0.378. The molecule has 4 N–H and O–H groups in total. The Bertz CT molecular complexity index is 805. The van der Waals surface area contributed by atoms with Crippen LogP contribution in [-0.4, -0.2) is 37.8 Å². The number of aliphatic hydroxyl groups excluding tert-OH is 1. The summed E-state index contributed by atoms with van der Waals surface area (Å²) in [6.45, 7) is 8.26. The zero-order chi connectivity index (χ0) is 20.4. The van der Waals surface area contributed by atoms with Crippen LogP contribution < -0.4 is 10.6 Å². The van der Waals surface area contributed by atoms with Gasteiger partial charge in [-0.05, 0) is 69.5 Å². The third kappa shape index (κ3) is 7.99. The fourth-order valence-corrected chi connectivity index (χ4v) is 2.93. The number of rotatable bonds is 7.